The number of carbonyl (C=O) groups is 2. The third-order valence-corrected chi connectivity index (χ3v) is 4.07. The van der Waals surface area contributed by atoms with E-state index in [1.165, 1.54) is 18.7 Å². The van der Waals surface area contributed by atoms with Gasteiger partial charge in [0.1, 0.15) is 10.8 Å². The first-order valence-corrected chi connectivity index (χ1v) is 8.48. The number of nitrogens with zero attached hydrogens (tertiary/aromatic N) is 2. The van der Waals surface area contributed by atoms with Crippen LogP contribution in [0.1, 0.15) is 35.7 Å². The highest BCUT2D eigenvalue weighted by Gasteiger charge is 2.21. The van der Waals surface area contributed by atoms with Crippen molar-refractivity contribution in [3.8, 4) is 0 Å². The van der Waals surface area contributed by atoms with Crippen LogP contribution >= 0.6 is 11.8 Å². The molecule has 0 saturated heterocycles. The predicted molar refractivity (Wildman–Crippen MR) is 88.6 cm³/mol. The molecule has 0 aliphatic carbocycles. The molecule has 2 rings (SSSR count). The maximum absolute atomic E-state index is 12.3. The third kappa shape index (κ3) is 4.82. The molecule has 0 aliphatic rings. The second-order valence-electron chi connectivity index (χ2n) is 5.02. The average Bonchev–Trinajstić information content (AvgIpc) is 2.98. The largest absolute Gasteiger partial charge is 0.449 e. The zero-order chi connectivity index (χ0) is 17.5. The fraction of sp³-hybridized carbons (Fsp3) is 0.375. The Hall–Kier alpha value is -2.35. The predicted octanol–water partition coefficient (Wildman–Crippen LogP) is 2.35. The Kier molecular flexibility index (Phi) is 6.36. The van der Waals surface area contributed by atoms with Crippen LogP contribution in [0.3, 0.4) is 0 Å². The summed E-state index contributed by atoms with van der Waals surface area (Å²) < 4.78 is 10.2. The van der Waals surface area contributed by atoms with E-state index < -0.39 is 12.1 Å². The number of aromatic nitrogens is 2. The van der Waals surface area contributed by atoms with E-state index in [1.807, 2.05) is 13.0 Å². The Morgan fingerprint density at radius 2 is 2.25 bits per heavy atom. The molecular weight excluding hydrogens is 330 g/mol. The van der Waals surface area contributed by atoms with Crippen molar-refractivity contribution in [3.63, 3.8) is 0 Å². The van der Waals surface area contributed by atoms with Gasteiger partial charge in [0.2, 0.25) is 0 Å². The van der Waals surface area contributed by atoms with Crippen molar-refractivity contribution in [2.45, 2.75) is 37.7 Å². The molecule has 2 aromatic heterocycles. The average molecular weight is 349 g/mol. The molecule has 0 unspecified atom stereocenters. The lowest BCUT2D eigenvalue weighted by molar-refractivity contribution is -0.128. The van der Waals surface area contributed by atoms with Gasteiger partial charge >= 0.3 is 5.97 Å². The highest BCUT2D eigenvalue weighted by molar-refractivity contribution is 7.98. The number of nitrogens with one attached hydrogen (secondary N) is 1. The number of amides is 1. The lowest BCUT2D eigenvalue weighted by atomic mass is 10.3. The van der Waals surface area contributed by atoms with Gasteiger partial charge in [0.05, 0.1) is 11.3 Å². The number of hydrogen-bond donors (Lipinski definition) is 1. The van der Waals surface area contributed by atoms with Crippen LogP contribution in [0, 0.1) is 6.92 Å². The van der Waals surface area contributed by atoms with E-state index in [1.54, 1.807) is 25.3 Å². The van der Waals surface area contributed by atoms with Gasteiger partial charge in [0, 0.05) is 24.6 Å². The lowest BCUT2D eigenvalue weighted by Crippen LogP contribution is -2.35. The topological polar surface area (TPSA) is 94.3 Å². The number of hydrogen-bond acceptors (Lipinski definition) is 7. The Morgan fingerprint density at radius 1 is 1.46 bits per heavy atom. The third-order valence-electron chi connectivity index (χ3n) is 3.03. The summed E-state index contributed by atoms with van der Waals surface area (Å²) >= 11 is 1.35. The summed E-state index contributed by atoms with van der Waals surface area (Å²) in [5, 5.41) is 7.03. The number of rotatable bonds is 7. The molecule has 8 heteroatoms. The van der Waals surface area contributed by atoms with Crippen LogP contribution in [0.15, 0.2) is 33.9 Å². The summed E-state index contributed by atoms with van der Waals surface area (Å²) in [4.78, 5) is 28.2. The van der Waals surface area contributed by atoms with Gasteiger partial charge in [0.25, 0.3) is 5.91 Å². The Morgan fingerprint density at radius 3 is 2.92 bits per heavy atom. The van der Waals surface area contributed by atoms with Crippen molar-refractivity contribution in [2.75, 3.05) is 6.54 Å². The molecule has 1 amide bonds. The summed E-state index contributed by atoms with van der Waals surface area (Å²) in [6.45, 7) is 5.62. The smallest absolute Gasteiger partial charge is 0.341 e. The maximum atomic E-state index is 12.3. The van der Waals surface area contributed by atoms with Gasteiger partial charge in [0.15, 0.2) is 6.10 Å². The molecule has 7 nitrogen and oxygen atoms in total. The van der Waals surface area contributed by atoms with Crippen molar-refractivity contribution in [2.24, 2.45) is 0 Å². The molecule has 0 aromatic carbocycles. The van der Waals surface area contributed by atoms with Crippen LogP contribution in [0.2, 0.25) is 0 Å². The van der Waals surface area contributed by atoms with Gasteiger partial charge in [-0.1, -0.05) is 16.9 Å². The fourth-order valence-electron chi connectivity index (χ4n) is 1.88. The molecule has 1 atom stereocenters. The molecular formula is C16H19N3O4S. The van der Waals surface area contributed by atoms with E-state index in [2.05, 4.69) is 15.5 Å². The van der Waals surface area contributed by atoms with Crippen LogP contribution in [-0.4, -0.2) is 34.7 Å². The molecule has 0 radical (unpaired) electrons. The summed E-state index contributed by atoms with van der Waals surface area (Å²) in [7, 11) is 0. The Labute approximate surface area is 144 Å². The molecule has 0 spiro atoms. The highest BCUT2D eigenvalue weighted by atomic mass is 32.2. The first kappa shape index (κ1) is 18.0. The van der Waals surface area contributed by atoms with Crippen molar-refractivity contribution >= 4 is 23.6 Å². The van der Waals surface area contributed by atoms with Gasteiger partial charge < -0.3 is 14.6 Å². The normalized spacial score (nSPS) is 11.8. The molecule has 0 bridgehead atoms. The first-order valence-electron chi connectivity index (χ1n) is 7.50. The summed E-state index contributed by atoms with van der Waals surface area (Å²) in [5.41, 5.74) is 1.08. The molecule has 2 aromatic rings. The van der Waals surface area contributed by atoms with E-state index in [0.717, 1.165) is 11.5 Å². The molecule has 24 heavy (non-hydrogen) atoms. The van der Waals surface area contributed by atoms with Gasteiger partial charge in [-0.05, 0) is 32.9 Å². The van der Waals surface area contributed by atoms with Crippen LogP contribution in [0.4, 0.5) is 0 Å². The van der Waals surface area contributed by atoms with E-state index in [0.29, 0.717) is 22.9 Å². The number of ether oxygens (including phenoxy) is 1. The fourth-order valence-corrected chi connectivity index (χ4v) is 2.75. The minimum Gasteiger partial charge on any atom is -0.449 e. The van der Waals surface area contributed by atoms with Crippen LogP contribution in [-0.2, 0) is 15.3 Å². The van der Waals surface area contributed by atoms with E-state index >= 15 is 0 Å². The van der Waals surface area contributed by atoms with E-state index in [4.69, 9.17) is 9.26 Å². The van der Waals surface area contributed by atoms with Crippen molar-refractivity contribution in [1.29, 1.82) is 0 Å². The van der Waals surface area contributed by atoms with Crippen molar-refractivity contribution in [1.82, 2.24) is 15.5 Å². The first-order chi connectivity index (χ1) is 11.5. The SMILES string of the molecule is CCNC(=O)[C@@H](C)OC(=O)c1cccnc1SCc1cc(C)on1. The quantitative estimate of drug-likeness (QED) is 0.605. The summed E-state index contributed by atoms with van der Waals surface area (Å²) in [6.07, 6.45) is 0.731. The zero-order valence-electron chi connectivity index (χ0n) is 13.7. The monoisotopic (exact) mass is 349 g/mol. The van der Waals surface area contributed by atoms with Crippen molar-refractivity contribution in [3.05, 3.63) is 41.4 Å². The van der Waals surface area contributed by atoms with E-state index in [9.17, 15) is 9.59 Å². The van der Waals surface area contributed by atoms with Crippen LogP contribution in [0.25, 0.3) is 0 Å². The van der Waals surface area contributed by atoms with E-state index in [-0.39, 0.29) is 5.91 Å². The molecule has 0 aliphatic heterocycles. The minimum absolute atomic E-state index is 0.318. The molecule has 0 saturated carbocycles. The second kappa shape index (κ2) is 8.49. The number of esters is 1. The Bertz CT molecular complexity index is 717. The molecule has 0 fully saturated rings. The minimum atomic E-state index is -0.867. The lowest BCUT2D eigenvalue weighted by Gasteiger charge is -2.13. The molecule has 1 N–H and O–H groups in total. The van der Waals surface area contributed by atoms with Gasteiger partial charge in [-0.15, -0.1) is 0 Å². The number of carbonyl (C=O) groups excluding carboxylic acids is 2. The van der Waals surface area contributed by atoms with Gasteiger partial charge in [-0.25, -0.2) is 9.78 Å². The van der Waals surface area contributed by atoms with Crippen LogP contribution in [0.5, 0.6) is 0 Å². The molecule has 128 valence electrons. The standard InChI is InChI=1S/C16H19N3O4S/c1-4-17-14(20)11(3)22-16(21)13-6-5-7-18-15(13)24-9-12-8-10(2)23-19-12/h5-8,11H,4,9H2,1-3H3,(H,17,20)/t11-/m1/s1. The zero-order valence-corrected chi connectivity index (χ0v) is 14.6. The number of likely N-dealkylation sites (N-methyl/N-ethyl adjacent to an activating group) is 1. The number of thioether (sulfide) groups is 1. The van der Waals surface area contributed by atoms with Gasteiger partial charge in [-0.2, -0.15) is 0 Å². The number of aryl methyl sites for hydroxylation is 1. The molecule has 2 heterocycles. The van der Waals surface area contributed by atoms with Crippen molar-refractivity contribution < 1.29 is 18.8 Å². The Balaban J connectivity index is 2.04. The summed E-state index contributed by atoms with van der Waals surface area (Å²) in [6, 6.07) is 5.10. The highest BCUT2D eigenvalue weighted by Crippen LogP contribution is 2.24. The van der Waals surface area contributed by atoms with Gasteiger partial charge in [-0.3, -0.25) is 4.79 Å². The summed E-state index contributed by atoms with van der Waals surface area (Å²) in [5.74, 6) is 0.324. The number of pyridine rings is 1. The maximum Gasteiger partial charge on any atom is 0.341 e. The second-order valence-corrected chi connectivity index (χ2v) is 5.98. The van der Waals surface area contributed by atoms with Crippen LogP contribution < -0.4 is 5.32 Å².